The van der Waals surface area contributed by atoms with Crippen LogP contribution in [-0.2, 0) is 0 Å². The zero-order valence-electron chi connectivity index (χ0n) is 12.1. The second kappa shape index (κ2) is 6.52. The maximum absolute atomic E-state index is 5.72. The van der Waals surface area contributed by atoms with Crippen LogP contribution in [0.5, 0.6) is 0 Å². The Kier molecular flexibility index (Phi) is 4.65. The topological polar surface area (TPSA) is 52.6 Å². The van der Waals surface area contributed by atoms with Crippen molar-refractivity contribution in [2.45, 2.75) is 0 Å². The predicted octanol–water partition coefficient (Wildman–Crippen LogP) is -1.56. The van der Waals surface area contributed by atoms with Gasteiger partial charge in [0.05, 0.1) is 25.1 Å². The molecule has 0 spiro atoms. The molecule has 0 aliphatic rings. The van der Waals surface area contributed by atoms with Gasteiger partial charge in [-0.15, -0.1) is 0 Å². The Labute approximate surface area is 169 Å². The fourth-order valence-corrected chi connectivity index (χ4v) is 2.99. The molecule has 0 aromatic carbocycles. The summed E-state index contributed by atoms with van der Waals surface area (Å²) in [5.74, 6) is 0. The first-order chi connectivity index (χ1) is 10.4. The molecule has 0 saturated heterocycles. The number of hydrogen-bond acceptors (Lipinski definition) is 4. The monoisotopic (exact) mass is 318 g/mol. The zero-order valence-corrected chi connectivity index (χ0v) is 15.3. The molecule has 22 heavy (non-hydrogen) atoms. The fourth-order valence-electron chi connectivity index (χ4n) is 2.99. The van der Waals surface area contributed by atoms with E-state index in [1.807, 2.05) is 48.5 Å². The number of hydrogen-bond donors (Lipinski definition) is 0. The average Bonchev–Trinajstić information content (AvgIpc) is 3.32. The predicted molar refractivity (Wildman–Crippen MR) is 79.1 cm³/mol. The van der Waals surface area contributed by atoms with Crippen LogP contribution in [0.25, 0.3) is 0 Å². The van der Waals surface area contributed by atoms with Gasteiger partial charge in [0.2, 0.25) is 0 Å². The van der Waals surface area contributed by atoms with E-state index in [1.54, 1.807) is 25.1 Å². The Bertz CT molecular complexity index is 644. The largest absolute Gasteiger partial charge is 1.00 e. The number of furan rings is 4. The Morgan fingerprint density at radius 2 is 0.773 bits per heavy atom. The third-order valence-electron chi connectivity index (χ3n) is 3.88. The summed E-state index contributed by atoms with van der Waals surface area (Å²) in [4.78, 5) is 0. The summed E-state index contributed by atoms with van der Waals surface area (Å²) in [5, 5.41) is 0. The molecule has 0 unspecified atom stereocenters. The van der Waals surface area contributed by atoms with Crippen LogP contribution in [0.15, 0.2) is 91.3 Å². The molecular weight excluding hydrogens is 306 g/mol. The van der Waals surface area contributed by atoms with Gasteiger partial charge < -0.3 is 17.7 Å². The Morgan fingerprint density at radius 1 is 0.500 bits per heavy atom. The first-order valence-corrected chi connectivity index (χ1v) is 6.74. The van der Waals surface area contributed by atoms with E-state index in [0.717, 1.165) is 22.6 Å². The van der Waals surface area contributed by atoms with Crippen molar-refractivity contribution in [1.82, 2.24) is 0 Å². The quantitative estimate of drug-likeness (QED) is 0.427. The second-order valence-corrected chi connectivity index (χ2v) is 4.93. The Balaban J connectivity index is 0.00000144. The summed E-state index contributed by atoms with van der Waals surface area (Å²) in [7, 11) is 0. The van der Waals surface area contributed by atoms with Gasteiger partial charge in [-0.2, -0.15) is 0 Å². The molecule has 0 radical (unpaired) electrons. The van der Waals surface area contributed by atoms with Crippen molar-refractivity contribution in [3.05, 3.63) is 73.6 Å². The van der Waals surface area contributed by atoms with E-state index in [2.05, 4.69) is 0 Å². The normalized spacial score (nSPS) is 11.3. The van der Waals surface area contributed by atoms with E-state index in [9.17, 15) is 0 Å². The molecule has 4 nitrogen and oxygen atoms in total. The second-order valence-electron chi connectivity index (χ2n) is 4.93. The van der Waals surface area contributed by atoms with E-state index < -0.39 is 6.15 Å². The average molecular weight is 318 g/mol. The van der Waals surface area contributed by atoms with E-state index in [1.165, 1.54) is 0 Å². The van der Waals surface area contributed by atoms with Gasteiger partial charge >= 0.3 is 51.4 Å². The molecule has 0 N–H and O–H groups in total. The van der Waals surface area contributed by atoms with E-state index in [4.69, 9.17) is 17.7 Å². The standard InChI is InChI=1S/C16H12BO4.K/c1-5-13(18-9-1)17(14-6-2-10-19-14,15-7-3-11-20-15)16-8-4-12-21-16;/h1-12H;/q-1;+1. The van der Waals surface area contributed by atoms with Gasteiger partial charge in [0.25, 0.3) is 6.15 Å². The van der Waals surface area contributed by atoms with Crippen molar-refractivity contribution in [2.75, 3.05) is 0 Å². The Morgan fingerprint density at radius 3 is 0.955 bits per heavy atom. The van der Waals surface area contributed by atoms with Crippen LogP contribution in [0.4, 0.5) is 0 Å². The van der Waals surface area contributed by atoms with Crippen LogP contribution in [0.2, 0.25) is 0 Å². The van der Waals surface area contributed by atoms with Crippen molar-refractivity contribution in [3.8, 4) is 0 Å². The summed E-state index contributed by atoms with van der Waals surface area (Å²) < 4.78 is 22.9. The van der Waals surface area contributed by atoms with Gasteiger partial charge in [0, 0.05) is 0 Å². The first kappa shape index (κ1) is 15.7. The van der Waals surface area contributed by atoms with Crippen LogP contribution >= 0.6 is 0 Å². The molecule has 0 aliphatic carbocycles. The van der Waals surface area contributed by atoms with Crippen molar-refractivity contribution in [1.29, 1.82) is 0 Å². The van der Waals surface area contributed by atoms with Gasteiger partial charge in [0.15, 0.2) is 0 Å². The minimum atomic E-state index is -1.72. The third kappa shape index (κ3) is 2.31. The van der Waals surface area contributed by atoms with Gasteiger partial charge in [-0.1, -0.05) is 24.3 Å². The van der Waals surface area contributed by atoms with Crippen molar-refractivity contribution in [2.24, 2.45) is 0 Å². The molecule has 6 heteroatoms. The smallest absolute Gasteiger partial charge is 0.509 e. The van der Waals surface area contributed by atoms with Gasteiger partial charge in [-0.05, 0) is 46.9 Å². The fraction of sp³-hybridized carbons (Fsp3) is 0. The zero-order chi connectivity index (χ0) is 14.1. The molecule has 0 bridgehead atoms. The minimum Gasteiger partial charge on any atom is -0.509 e. The SMILES string of the molecule is [K+].c1coc([B-](c2ccco2)(c2ccco2)c2ccco2)c1. The maximum Gasteiger partial charge on any atom is 1.00 e. The first-order valence-electron chi connectivity index (χ1n) is 6.74. The van der Waals surface area contributed by atoms with E-state index in [0.29, 0.717) is 0 Å². The van der Waals surface area contributed by atoms with Crippen LogP contribution in [0, 0.1) is 0 Å². The van der Waals surface area contributed by atoms with Crippen molar-refractivity contribution < 1.29 is 69.1 Å². The van der Waals surface area contributed by atoms with Gasteiger partial charge in [-0.3, -0.25) is 0 Å². The van der Waals surface area contributed by atoms with Crippen LogP contribution in [0.3, 0.4) is 0 Å². The van der Waals surface area contributed by atoms with Crippen molar-refractivity contribution in [3.63, 3.8) is 0 Å². The van der Waals surface area contributed by atoms with E-state index in [-0.39, 0.29) is 51.4 Å². The molecule has 0 aliphatic heterocycles. The van der Waals surface area contributed by atoms with Crippen LogP contribution < -0.4 is 74.0 Å². The van der Waals surface area contributed by atoms with Gasteiger partial charge in [-0.25, -0.2) is 0 Å². The summed E-state index contributed by atoms with van der Waals surface area (Å²) >= 11 is 0. The summed E-state index contributed by atoms with van der Waals surface area (Å²) in [5.41, 5.74) is 2.93. The van der Waals surface area contributed by atoms with Gasteiger partial charge in [0.1, 0.15) is 0 Å². The van der Waals surface area contributed by atoms with E-state index >= 15 is 0 Å². The molecular formula is C16H12BKO4. The summed E-state index contributed by atoms with van der Waals surface area (Å²) in [6, 6.07) is 15.0. The minimum absolute atomic E-state index is 0. The summed E-state index contributed by atoms with van der Waals surface area (Å²) in [6.07, 6.45) is 4.84. The molecule has 0 atom stereocenters. The molecule has 104 valence electrons. The molecule has 4 aromatic rings. The summed E-state index contributed by atoms with van der Waals surface area (Å²) in [6.45, 7) is 0. The molecule has 0 fully saturated rings. The molecule has 0 amide bonds. The molecule has 0 saturated carbocycles. The molecule has 4 aromatic heterocycles. The molecule has 4 heterocycles. The van der Waals surface area contributed by atoms with Crippen molar-refractivity contribution >= 4 is 28.8 Å². The van der Waals surface area contributed by atoms with Crippen LogP contribution in [-0.4, -0.2) is 6.15 Å². The molecule has 4 rings (SSSR count). The Hall–Kier alpha value is -1.18. The van der Waals surface area contributed by atoms with Crippen LogP contribution in [0.1, 0.15) is 0 Å². The number of rotatable bonds is 4. The maximum atomic E-state index is 5.72. The third-order valence-corrected chi connectivity index (χ3v) is 3.88.